The van der Waals surface area contributed by atoms with Crippen LogP contribution in [0.1, 0.15) is 23.2 Å². The van der Waals surface area contributed by atoms with E-state index in [0.717, 1.165) is 6.07 Å². The number of rotatable bonds is 3. The molecule has 0 saturated carbocycles. The van der Waals surface area contributed by atoms with Crippen LogP contribution in [-0.2, 0) is 11.2 Å². The lowest BCUT2D eigenvalue weighted by Crippen LogP contribution is -2.07. The van der Waals surface area contributed by atoms with Crippen molar-refractivity contribution in [2.24, 2.45) is 0 Å². The van der Waals surface area contributed by atoms with E-state index in [9.17, 15) is 13.6 Å². The molecule has 82 valence electrons. The maximum Gasteiger partial charge on any atom is 0.309 e. The lowest BCUT2D eigenvalue weighted by atomic mass is 10.1. The van der Waals surface area contributed by atoms with Crippen molar-refractivity contribution >= 4 is 17.6 Å². The fraction of sp³-hybridized carbons (Fsp3) is 0.333. The maximum absolute atomic E-state index is 12.5. The van der Waals surface area contributed by atoms with Crippen molar-refractivity contribution in [3.63, 3.8) is 0 Å². The number of carboxylic acids is 1. The molecule has 0 amide bonds. The van der Waals surface area contributed by atoms with E-state index in [2.05, 4.69) is 4.98 Å². The minimum Gasteiger partial charge on any atom is -0.481 e. The van der Waals surface area contributed by atoms with Gasteiger partial charge in [-0.25, -0.2) is 13.8 Å². The van der Waals surface area contributed by atoms with E-state index in [1.165, 1.54) is 6.92 Å². The normalized spacial score (nSPS) is 10.7. The second-order valence-electron chi connectivity index (χ2n) is 2.98. The zero-order valence-electron chi connectivity index (χ0n) is 7.80. The molecule has 0 aliphatic rings. The zero-order valence-corrected chi connectivity index (χ0v) is 8.55. The quantitative estimate of drug-likeness (QED) is 0.820. The number of hydrogen-bond donors (Lipinski definition) is 1. The van der Waals surface area contributed by atoms with Gasteiger partial charge in [-0.05, 0) is 18.6 Å². The van der Waals surface area contributed by atoms with Gasteiger partial charge in [-0.1, -0.05) is 11.6 Å². The summed E-state index contributed by atoms with van der Waals surface area (Å²) in [6, 6.07) is 1.05. The second kappa shape index (κ2) is 4.53. The van der Waals surface area contributed by atoms with Crippen molar-refractivity contribution in [3.8, 4) is 0 Å². The Hall–Kier alpha value is -1.23. The van der Waals surface area contributed by atoms with E-state index < -0.39 is 18.8 Å². The Balaban J connectivity index is 3.21. The molecule has 1 heterocycles. The van der Waals surface area contributed by atoms with Crippen LogP contribution in [0.3, 0.4) is 0 Å². The van der Waals surface area contributed by atoms with Gasteiger partial charge < -0.3 is 5.11 Å². The molecule has 0 atom stereocenters. The van der Waals surface area contributed by atoms with Crippen molar-refractivity contribution in [2.75, 3.05) is 0 Å². The van der Waals surface area contributed by atoms with Crippen molar-refractivity contribution in [1.82, 2.24) is 4.98 Å². The highest BCUT2D eigenvalue weighted by Crippen LogP contribution is 2.26. The molecule has 15 heavy (non-hydrogen) atoms. The monoisotopic (exact) mass is 235 g/mol. The van der Waals surface area contributed by atoms with Gasteiger partial charge in [0.15, 0.2) is 0 Å². The average Bonchev–Trinajstić information content (AvgIpc) is 2.09. The van der Waals surface area contributed by atoms with Crippen molar-refractivity contribution < 1.29 is 18.7 Å². The van der Waals surface area contributed by atoms with Crippen LogP contribution in [0.2, 0.25) is 5.15 Å². The van der Waals surface area contributed by atoms with Gasteiger partial charge in [0.2, 0.25) is 0 Å². The minimum absolute atomic E-state index is 0.0744. The molecule has 0 aromatic carbocycles. The number of aliphatic carboxylic acids is 1. The largest absolute Gasteiger partial charge is 0.481 e. The van der Waals surface area contributed by atoms with Gasteiger partial charge in [0.25, 0.3) is 6.43 Å². The molecule has 0 aliphatic heterocycles. The van der Waals surface area contributed by atoms with Crippen LogP contribution < -0.4 is 0 Å². The summed E-state index contributed by atoms with van der Waals surface area (Å²) in [6.45, 7) is 1.41. The van der Waals surface area contributed by atoms with Crippen LogP contribution in [0.5, 0.6) is 0 Å². The highest BCUT2D eigenvalue weighted by Gasteiger charge is 2.17. The van der Waals surface area contributed by atoms with Crippen LogP contribution in [0, 0.1) is 6.92 Å². The highest BCUT2D eigenvalue weighted by molar-refractivity contribution is 6.29. The van der Waals surface area contributed by atoms with E-state index >= 15 is 0 Å². The van der Waals surface area contributed by atoms with E-state index in [-0.39, 0.29) is 22.0 Å². The molecular weight excluding hydrogens is 228 g/mol. The summed E-state index contributed by atoms with van der Waals surface area (Å²) in [6.07, 6.45) is -3.09. The molecular formula is C9H8ClF2NO2. The third-order valence-electron chi connectivity index (χ3n) is 1.94. The van der Waals surface area contributed by atoms with Gasteiger partial charge in [-0.3, -0.25) is 4.79 Å². The molecule has 3 nitrogen and oxygen atoms in total. The van der Waals surface area contributed by atoms with Crippen LogP contribution >= 0.6 is 11.6 Å². The summed E-state index contributed by atoms with van der Waals surface area (Å²) in [4.78, 5) is 14.1. The molecule has 0 spiro atoms. The lowest BCUT2D eigenvalue weighted by molar-refractivity contribution is -0.136. The third kappa shape index (κ3) is 2.86. The van der Waals surface area contributed by atoms with Crippen molar-refractivity contribution in [1.29, 1.82) is 0 Å². The second-order valence-corrected chi connectivity index (χ2v) is 3.36. The molecule has 1 aromatic heterocycles. The van der Waals surface area contributed by atoms with Crippen molar-refractivity contribution in [3.05, 3.63) is 28.0 Å². The number of pyridine rings is 1. The first-order valence-electron chi connectivity index (χ1n) is 4.07. The van der Waals surface area contributed by atoms with E-state index in [4.69, 9.17) is 16.7 Å². The predicted molar refractivity (Wildman–Crippen MR) is 50.3 cm³/mol. The van der Waals surface area contributed by atoms with Crippen LogP contribution in [0.4, 0.5) is 8.78 Å². The van der Waals surface area contributed by atoms with E-state index in [1.54, 1.807) is 0 Å². The number of carboxylic acid groups (broad SMARTS) is 1. The number of halogens is 3. The standard InChI is InChI=1S/C9H8ClF2NO2/c1-4-5(9(11)12)2-7(10)13-6(4)3-8(14)15/h2,9H,3H2,1H3,(H,14,15). The van der Waals surface area contributed by atoms with Gasteiger partial charge >= 0.3 is 5.97 Å². The molecule has 0 radical (unpaired) electrons. The fourth-order valence-electron chi connectivity index (χ4n) is 1.19. The molecule has 1 rings (SSSR count). The minimum atomic E-state index is -2.68. The molecule has 0 fully saturated rings. The SMILES string of the molecule is Cc1c(C(F)F)cc(Cl)nc1CC(=O)O. The molecule has 0 bridgehead atoms. The van der Waals surface area contributed by atoms with E-state index in [0.29, 0.717) is 0 Å². The highest BCUT2D eigenvalue weighted by atomic mass is 35.5. The zero-order chi connectivity index (χ0) is 11.6. The van der Waals surface area contributed by atoms with Gasteiger partial charge in [-0.15, -0.1) is 0 Å². The molecule has 6 heteroatoms. The number of carbonyl (C=O) groups is 1. The van der Waals surface area contributed by atoms with Gasteiger partial charge in [0.05, 0.1) is 12.1 Å². The Morgan fingerprint density at radius 2 is 2.27 bits per heavy atom. The molecule has 0 saturated heterocycles. The van der Waals surface area contributed by atoms with Crippen LogP contribution in [0.15, 0.2) is 6.07 Å². The Morgan fingerprint density at radius 1 is 1.67 bits per heavy atom. The fourth-order valence-corrected chi connectivity index (χ4v) is 1.41. The molecule has 1 N–H and O–H groups in total. The molecule has 0 unspecified atom stereocenters. The number of hydrogen-bond acceptors (Lipinski definition) is 2. The summed E-state index contributed by atoms with van der Waals surface area (Å²) in [5.74, 6) is -1.13. The van der Waals surface area contributed by atoms with Crippen molar-refractivity contribution in [2.45, 2.75) is 19.8 Å². The topological polar surface area (TPSA) is 50.2 Å². The summed E-state index contributed by atoms with van der Waals surface area (Å²) in [5, 5.41) is 8.42. The van der Waals surface area contributed by atoms with Gasteiger partial charge in [0.1, 0.15) is 5.15 Å². The number of aromatic nitrogens is 1. The Labute approximate surface area is 89.7 Å². The van der Waals surface area contributed by atoms with Gasteiger partial charge in [-0.2, -0.15) is 0 Å². The first-order chi connectivity index (χ1) is 6.91. The van der Waals surface area contributed by atoms with E-state index in [1.807, 2.05) is 0 Å². The smallest absolute Gasteiger partial charge is 0.309 e. The summed E-state index contributed by atoms with van der Waals surface area (Å²) < 4.78 is 25.0. The Kier molecular flexibility index (Phi) is 3.57. The van der Waals surface area contributed by atoms with Gasteiger partial charge in [0, 0.05) is 5.56 Å². The first kappa shape index (κ1) is 11.8. The summed E-state index contributed by atoms with van der Waals surface area (Å²) in [7, 11) is 0. The average molecular weight is 236 g/mol. The summed E-state index contributed by atoms with van der Waals surface area (Å²) >= 11 is 5.51. The lowest BCUT2D eigenvalue weighted by Gasteiger charge is -2.09. The molecule has 0 aliphatic carbocycles. The van der Waals surface area contributed by atoms with Crippen LogP contribution in [-0.4, -0.2) is 16.1 Å². The summed E-state index contributed by atoms with van der Waals surface area (Å²) in [5.41, 5.74) is -0.0200. The molecule has 1 aromatic rings. The predicted octanol–water partition coefficient (Wildman–Crippen LogP) is 2.61. The maximum atomic E-state index is 12.5. The Morgan fingerprint density at radius 3 is 2.73 bits per heavy atom. The third-order valence-corrected chi connectivity index (χ3v) is 2.13. The number of nitrogens with zero attached hydrogens (tertiary/aromatic N) is 1. The number of alkyl halides is 2. The van der Waals surface area contributed by atoms with Crippen LogP contribution in [0.25, 0.3) is 0 Å². The first-order valence-corrected chi connectivity index (χ1v) is 4.45. The Bertz CT molecular complexity index is 396.